The van der Waals surface area contributed by atoms with Crippen molar-refractivity contribution in [1.82, 2.24) is 10.2 Å². The first kappa shape index (κ1) is 17.2. The largest absolute Gasteiger partial charge is 0.339 e. The van der Waals surface area contributed by atoms with Crippen molar-refractivity contribution in [2.45, 2.75) is 38.6 Å². The van der Waals surface area contributed by atoms with Crippen LogP contribution < -0.4 is 5.32 Å². The Kier molecular flexibility index (Phi) is 5.13. The molecule has 0 aromatic heterocycles. The van der Waals surface area contributed by atoms with Crippen molar-refractivity contribution < 1.29 is 9.18 Å². The SMILES string of the molecule is CC(C)N1CC(c2ccccc2F)C2(CCNCC2)C1=O.Cl. The lowest BCUT2D eigenvalue weighted by atomic mass is 9.68. The van der Waals surface area contributed by atoms with Gasteiger partial charge in [0.25, 0.3) is 0 Å². The van der Waals surface area contributed by atoms with Gasteiger partial charge in [-0.3, -0.25) is 4.79 Å². The van der Waals surface area contributed by atoms with Crippen LogP contribution >= 0.6 is 12.4 Å². The van der Waals surface area contributed by atoms with Gasteiger partial charge in [0.1, 0.15) is 5.82 Å². The number of benzene rings is 1. The molecule has 1 amide bonds. The summed E-state index contributed by atoms with van der Waals surface area (Å²) >= 11 is 0. The number of hydrogen-bond acceptors (Lipinski definition) is 2. The summed E-state index contributed by atoms with van der Waals surface area (Å²) in [5.41, 5.74) is 0.286. The van der Waals surface area contributed by atoms with Gasteiger partial charge in [-0.1, -0.05) is 18.2 Å². The van der Waals surface area contributed by atoms with Gasteiger partial charge in [-0.05, 0) is 51.4 Å². The number of piperidine rings is 1. The van der Waals surface area contributed by atoms with E-state index < -0.39 is 5.41 Å². The summed E-state index contributed by atoms with van der Waals surface area (Å²) in [6.45, 7) is 6.38. The molecule has 0 saturated carbocycles. The van der Waals surface area contributed by atoms with Crippen molar-refractivity contribution in [3.8, 4) is 0 Å². The number of carbonyl (C=O) groups is 1. The van der Waals surface area contributed by atoms with Gasteiger partial charge >= 0.3 is 0 Å². The van der Waals surface area contributed by atoms with Gasteiger partial charge in [-0.2, -0.15) is 0 Å². The number of hydrogen-bond donors (Lipinski definition) is 1. The van der Waals surface area contributed by atoms with Crippen LogP contribution in [0, 0.1) is 11.2 Å². The van der Waals surface area contributed by atoms with E-state index in [0.717, 1.165) is 25.9 Å². The standard InChI is InChI=1S/C17H23FN2O.ClH/c1-12(2)20-11-14(13-5-3-4-6-15(13)18)17(16(20)21)7-9-19-10-8-17;/h3-6,12,14,19H,7-11H2,1-2H3;1H. The third-order valence-corrected chi connectivity index (χ3v) is 5.13. The number of amides is 1. The highest BCUT2D eigenvalue weighted by atomic mass is 35.5. The lowest BCUT2D eigenvalue weighted by Gasteiger charge is -2.37. The van der Waals surface area contributed by atoms with Gasteiger partial charge in [0, 0.05) is 18.5 Å². The molecule has 2 aliphatic heterocycles. The molecule has 1 aromatic rings. The number of likely N-dealkylation sites (tertiary alicyclic amines) is 1. The molecule has 122 valence electrons. The summed E-state index contributed by atoms with van der Waals surface area (Å²) in [5.74, 6) is 0.00164. The van der Waals surface area contributed by atoms with Gasteiger partial charge in [0.15, 0.2) is 0 Å². The van der Waals surface area contributed by atoms with E-state index in [9.17, 15) is 9.18 Å². The predicted molar refractivity (Wildman–Crippen MR) is 87.8 cm³/mol. The minimum absolute atomic E-state index is 0. The Morgan fingerprint density at radius 1 is 1.27 bits per heavy atom. The van der Waals surface area contributed by atoms with Crippen LogP contribution in [0.1, 0.15) is 38.2 Å². The van der Waals surface area contributed by atoms with E-state index in [4.69, 9.17) is 0 Å². The average molecular weight is 327 g/mol. The molecule has 3 rings (SSSR count). The Hall–Kier alpha value is -1.13. The summed E-state index contributed by atoms with van der Waals surface area (Å²) in [5, 5.41) is 3.32. The van der Waals surface area contributed by atoms with Crippen LogP contribution in [-0.2, 0) is 4.79 Å². The maximum absolute atomic E-state index is 14.3. The Bertz CT molecular complexity index is 543. The normalized spacial score (nSPS) is 23.9. The number of rotatable bonds is 2. The summed E-state index contributed by atoms with van der Waals surface area (Å²) in [4.78, 5) is 14.9. The molecule has 0 radical (unpaired) electrons. The molecule has 2 saturated heterocycles. The second-order valence-electron chi connectivity index (χ2n) is 6.53. The topological polar surface area (TPSA) is 32.3 Å². The molecule has 1 spiro atoms. The molecular weight excluding hydrogens is 303 g/mol. The van der Waals surface area contributed by atoms with Crippen LogP contribution in [0.4, 0.5) is 4.39 Å². The van der Waals surface area contributed by atoms with Crippen LogP contribution in [0.25, 0.3) is 0 Å². The van der Waals surface area contributed by atoms with Gasteiger partial charge in [0.2, 0.25) is 5.91 Å². The zero-order valence-electron chi connectivity index (χ0n) is 13.1. The van der Waals surface area contributed by atoms with Crippen molar-refractivity contribution in [2.24, 2.45) is 5.41 Å². The fourth-order valence-electron chi connectivity index (χ4n) is 3.92. The van der Waals surface area contributed by atoms with Crippen molar-refractivity contribution in [1.29, 1.82) is 0 Å². The zero-order chi connectivity index (χ0) is 15.0. The fraction of sp³-hybridized carbons (Fsp3) is 0.588. The van der Waals surface area contributed by atoms with Crippen LogP contribution in [0.5, 0.6) is 0 Å². The van der Waals surface area contributed by atoms with Gasteiger partial charge in [0.05, 0.1) is 5.41 Å². The lowest BCUT2D eigenvalue weighted by molar-refractivity contribution is -0.139. The Morgan fingerprint density at radius 2 is 1.91 bits per heavy atom. The second-order valence-corrected chi connectivity index (χ2v) is 6.53. The van der Waals surface area contributed by atoms with Gasteiger partial charge < -0.3 is 10.2 Å². The molecule has 2 heterocycles. The molecular formula is C17H24ClFN2O. The summed E-state index contributed by atoms with van der Waals surface area (Å²) in [6.07, 6.45) is 1.60. The molecule has 1 N–H and O–H groups in total. The van der Waals surface area contributed by atoms with E-state index in [1.54, 1.807) is 6.07 Å². The molecule has 3 nitrogen and oxygen atoms in total. The average Bonchev–Trinajstić information content (AvgIpc) is 2.74. The van der Waals surface area contributed by atoms with Crippen LogP contribution in [0.3, 0.4) is 0 Å². The first-order chi connectivity index (χ1) is 10.1. The molecule has 2 aliphatic rings. The van der Waals surface area contributed by atoms with E-state index in [1.807, 2.05) is 30.9 Å². The summed E-state index contributed by atoms with van der Waals surface area (Å²) in [6, 6.07) is 7.11. The van der Waals surface area contributed by atoms with E-state index in [-0.39, 0.29) is 36.1 Å². The van der Waals surface area contributed by atoms with Crippen molar-refractivity contribution in [3.63, 3.8) is 0 Å². The van der Waals surface area contributed by atoms with Crippen LogP contribution in [0.15, 0.2) is 24.3 Å². The zero-order valence-corrected chi connectivity index (χ0v) is 14.0. The van der Waals surface area contributed by atoms with E-state index in [2.05, 4.69) is 5.32 Å². The molecule has 5 heteroatoms. The van der Waals surface area contributed by atoms with Crippen LogP contribution in [0.2, 0.25) is 0 Å². The smallest absolute Gasteiger partial charge is 0.229 e. The molecule has 2 fully saturated rings. The highest BCUT2D eigenvalue weighted by Gasteiger charge is 2.55. The van der Waals surface area contributed by atoms with Crippen molar-refractivity contribution >= 4 is 18.3 Å². The number of nitrogens with zero attached hydrogens (tertiary/aromatic N) is 1. The monoisotopic (exact) mass is 326 g/mol. The highest BCUT2D eigenvalue weighted by Crippen LogP contribution is 2.50. The Labute approximate surface area is 137 Å². The van der Waals surface area contributed by atoms with E-state index >= 15 is 0 Å². The quantitative estimate of drug-likeness (QED) is 0.906. The first-order valence-corrected chi connectivity index (χ1v) is 7.82. The molecule has 1 unspecified atom stereocenters. The fourth-order valence-corrected chi connectivity index (χ4v) is 3.92. The third kappa shape index (κ3) is 2.63. The number of nitrogens with one attached hydrogen (secondary N) is 1. The molecule has 22 heavy (non-hydrogen) atoms. The molecule has 0 aliphatic carbocycles. The number of halogens is 2. The van der Waals surface area contributed by atoms with E-state index in [0.29, 0.717) is 12.1 Å². The maximum atomic E-state index is 14.3. The maximum Gasteiger partial charge on any atom is 0.229 e. The lowest BCUT2D eigenvalue weighted by Crippen LogP contribution is -2.45. The molecule has 0 bridgehead atoms. The Balaban J connectivity index is 0.00000176. The first-order valence-electron chi connectivity index (χ1n) is 7.82. The second kappa shape index (κ2) is 6.55. The molecule has 1 atom stereocenters. The third-order valence-electron chi connectivity index (χ3n) is 5.13. The van der Waals surface area contributed by atoms with E-state index in [1.165, 1.54) is 6.07 Å². The summed E-state index contributed by atoms with van der Waals surface area (Å²) < 4.78 is 14.3. The van der Waals surface area contributed by atoms with Crippen LogP contribution in [-0.4, -0.2) is 36.5 Å². The van der Waals surface area contributed by atoms with Crippen molar-refractivity contribution in [3.05, 3.63) is 35.6 Å². The minimum atomic E-state index is -0.419. The Morgan fingerprint density at radius 3 is 2.50 bits per heavy atom. The van der Waals surface area contributed by atoms with Gasteiger partial charge in [-0.25, -0.2) is 4.39 Å². The molecule has 1 aromatic carbocycles. The summed E-state index contributed by atoms with van der Waals surface area (Å²) in [7, 11) is 0. The minimum Gasteiger partial charge on any atom is -0.339 e. The predicted octanol–water partition coefficient (Wildman–Crippen LogP) is 2.95. The highest BCUT2D eigenvalue weighted by molar-refractivity contribution is 5.87. The number of carbonyl (C=O) groups excluding carboxylic acids is 1. The van der Waals surface area contributed by atoms with Crippen molar-refractivity contribution in [2.75, 3.05) is 19.6 Å². The van der Waals surface area contributed by atoms with Gasteiger partial charge in [-0.15, -0.1) is 12.4 Å².